The van der Waals surface area contributed by atoms with E-state index in [1.54, 1.807) is 48.5 Å². The molecular weight excluding hydrogens is 568 g/mol. The van der Waals surface area contributed by atoms with Crippen LogP contribution in [0.5, 0.6) is 0 Å². The number of nitrogens with zero attached hydrogens (tertiary/aromatic N) is 4. The van der Waals surface area contributed by atoms with E-state index in [1.807, 2.05) is 24.4 Å². The molecule has 43 heavy (non-hydrogen) atoms. The van der Waals surface area contributed by atoms with Crippen LogP contribution in [0.15, 0.2) is 90.0 Å². The molecule has 0 spiro atoms. The van der Waals surface area contributed by atoms with Crippen molar-refractivity contribution in [2.75, 3.05) is 11.3 Å². The SMILES string of the molecule is CC(C)(CCn1ccc2cc(C(=O)NCc3nn[nH]n3)ccc21)NC[C@H](O)c1cccc(NS(=O)(=O)c2ccccc2)c1. The number of tetrazole rings is 1. The Hall–Kier alpha value is -4.59. The summed E-state index contributed by atoms with van der Waals surface area (Å²) >= 11 is 0. The lowest BCUT2D eigenvalue weighted by Gasteiger charge is -2.28. The summed E-state index contributed by atoms with van der Waals surface area (Å²) < 4.78 is 30.1. The van der Waals surface area contributed by atoms with E-state index in [0.717, 1.165) is 23.9 Å². The van der Waals surface area contributed by atoms with Crippen molar-refractivity contribution in [1.29, 1.82) is 0 Å². The first kappa shape index (κ1) is 29.9. The van der Waals surface area contributed by atoms with Gasteiger partial charge in [-0.2, -0.15) is 5.21 Å². The summed E-state index contributed by atoms with van der Waals surface area (Å²) in [6, 6.07) is 22.5. The first-order chi connectivity index (χ1) is 20.6. The van der Waals surface area contributed by atoms with Crippen molar-refractivity contribution in [3.63, 3.8) is 0 Å². The number of fused-ring (bicyclic) bond motifs is 1. The minimum absolute atomic E-state index is 0.169. The first-order valence-corrected chi connectivity index (χ1v) is 15.3. The number of aromatic amines is 1. The molecule has 2 aromatic heterocycles. The number of carbonyl (C=O) groups excluding carboxylic acids is 1. The summed E-state index contributed by atoms with van der Waals surface area (Å²) in [6.45, 7) is 5.34. The van der Waals surface area contributed by atoms with Crippen LogP contribution in [0.2, 0.25) is 0 Å². The average Bonchev–Trinajstić information content (AvgIpc) is 3.68. The Labute approximate surface area is 249 Å². The number of aliphatic hydroxyl groups excluding tert-OH is 1. The molecule has 0 saturated carbocycles. The normalized spacial score (nSPS) is 12.7. The molecule has 0 bridgehead atoms. The molecule has 2 heterocycles. The van der Waals surface area contributed by atoms with E-state index in [-0.39, 0.29) is 29.4 Å². The molecule has 0 aliphatic rings. The second-order valence-electron chi connectivity index (χ2n) is 10.9. The predicted octanol–water partition coefficient (Wildman–Crippen LogP) is 3.38. The van der Waals surface area contributed by atoms with Gasteiger partial charge in [-0.05, 0) is 74.4 Å². The first-order valence-electron chi connectivity index (χ1n) is 13.8. The summed E-state index contributed by atoms with van der Waals surface area (Å²) in [5.41, 5.74) is 2.23. The highest BCUT2D eigenvalue weighted by atomic mass is 32.2. The van der Waals surface area contributed by atoms with Crippen LogP contribution in [0.4, 0.5) is 5.69 Å². The number of amides is 1. The van der Waals surface area contributed by atoms with Crippen molar-refractivity contribution in [2.45, 2.75) is 49.9 Å². The fourth-order valence-electron chi connectivity index (χ4n) is 4.66. The minimum atomic E-state index is -3.73. The molecule has 13 heteroatoms. The zero-order chi connectivity index (χ0) is 30.5. The number of aliphatic hydroxyl groups is 1. The topological polar surface area (TPSA) is 167 Å². The fraction of sp³-hybridized carbons (Fsp3) is 0.267. The largest absolute Gasteiger partial charge is 0.387 e. The molecule has 1 amide bonds. The van der Waals surface area contributed by atoms with Gasteiger partial charge in [0.05, 0.1) is 17.5 Å². The van der Waals surface area contributed by atoms with Crippen molar-refractivity contribution in [2.24, 2.45) is 0 Å². The molecule has 5 N–H and O–H groups in total. The summed E-state index contributed by atoms with van der Waals surface area (Å²) in [5.74, 6) is 0.187. The number of sulfonamides is 1. The van der Waals surface area contributed by atoms with Crippen LogP contribution in [0, 0.1) is 0 Å². The lowest BCUT2D eigenvalue weighted by molar-refractivity contribution is 0.0950. The zero-order valence-electron chi connectivity index (χ0n) is 23.9. The quantitative estimate of drug-likeness (QED) is 0.137. The molecule has 12 nitrogen and oxygen atoms in total. The zero-order valence-corrected chi connectivity index (χ0v) is 24.7. The van der Waals surface area contributed by atoms with Gasteiger partial charge in [-0.25, -0.2) is 8.42 Å². The Morgan fingerprint density at radius 2 is 1.86 bits per heavy atom. The maximum Gasteiger partial charge on any atom is 0.261 e. The predicted molar refractivity (Wildman–Crippen MR) is 163 cm³/mol. The van der Waals surface area contributed by atoms with Crippen LogP contribution in [-0.2, 0) is 23.1 Å². The summed E-state index contributed by atoms with van der Waals surface area (Å²) in [5, 5.41) is 31.6. The van der Waals surface area contributed by atoms with Crippen LogP contribution in [0.25, 0.3) is 10.9 Å². The number of anilines is 1. The van der Waals surface area contributed by atoms with Gasteiger partial charge in [0.2, 0.25) is 0 Å². The molecule has 0 aliphatic carbocycles. The van der Waals surface area contributed by atoms with Crippen molar-refractivity contribution < 1.29 is 18.3 Å². The highest BCUT2D eigenvalue weighted by Crippen LogP contribution is 2.23. The van der Waals surface area contributed by atoms with Gasteiger partial charge in [-0.3, -0.25) is 9.52 Å². The number of rotatable bonds is 13. The van der Waals surface area contributed by atoms with Gasteiger partial charge in [0.25, 0.3) is 15.9 Å². The van der Waals surface area contributed by atoms with E-state index in [4.69, 9.17) is 0 Å². The number of β-amino-alcohol motifs (C(OH)–C–C–N with tert-alkyl or cyclic N) is 1. The summed E-state index contributed by atoms with van der Waals surface area (Å²) in [4.78, 5) is 12.7. The standard InChI is InChI=1S/C30H34N8O4S/c1-30(2,32-19-27(39)22-7-6-8-24(18-22)35-43(41,42)25-9-4-3-5-10-25)14-16-38-15-13-21-17-23(11-12-26(21)38)29(40)31-20-28-33-36-37-34-28/h3-13,15,17-18,27,32,35,39H,14,16,19-20H2,1-2H3,(H,31,40)(H,33,34,36,37)/t27-/m0/s1. The molecule has 0 radical (unpaired) electrons. The van der Waals surface area contributed by atoms with Crippen molar-refractivity contribution >= 4 is 32.5 Å². The van der Waals surface area contributed by atoms with Crippen LogP contribution in [0.1, 0.15) is 48.1 Å². The van der Waals surface area contributed by atoms with E-state index >= 15 is 0 Å². The Kier molecular flexibility index (Phi) is 8.85. The molecular formula is C30H34N8O4S. The van der Waals surface area contributed by atoms with Crippen molar-refractivity contribution in [1.82, 2.24) is 35.8 Å². The molecule has 5 rings (SSSR count). The van der Waals surface area contributed by atoms with E-state index in [9.17, 15) is 18.3 Å². The summed E-state index contributed by atoms with van der Waals surface area (Å²) in [7, 11) is -3.73. The molecule has 1 atom stereocenters. The van der Waals surface area contributed by atoms with Gasteiger partial charge in [-0.1, -0.05) is 35.5 Å². The Bertz CT molecular complexity index is 1790. The Morgan fingerprint density at radius 3 is 2.63 bits per heavy atom. The van der Waals surface area contributed by atoms with Crippen LogP contribution in [0.3, 0.4) is 0 Å². The monoisotopic (exact) mass is 602 g/mol. The third-order valence-electron chi connectivity index (χ3n) is 7.16. The number of nitrogens with one attached hydrogen (secondary N) is 4. The van der Waals surface area contributed by atoms with Crippen LogP contribution in [-0.4, -0.2) is 56.7 Å². The van der Waals surface area contributed by atoms with Gasteiger partial charge in [0, 0.05) is 47.0 Å². The second kappa shape index (κ2) is 12.7. The average molecular weight is 603 g/mol. The van der Waals surface area contributed by atoms with E-state index < -0.39 is 16.1 Å². The maximum atomic E-state index is 12.7. The van der Waals surface area contributed by atoms with Gasteiger partial charge in [0.1, 0.15) is 0 Å². The number of benzene rings is 3. The van der Waals surface area contributed by atoms with E-state index in [1.165, 1.54) is 12.1 Å². The maximum absolute atomic E-state index is 12.7. The van der Waals surface area contributed by atoms with E-state index in [0.29, 0.717) is 22.6 Å². The highest BCUT2D eigenvalue weighted by molar-refractivity contribution is 7.92. The Morgan fingerprint density at radius 1 is 1.05 bits per heavy atom. The number of carbonyl (C=O) groups is 1. The molecule has 3 aromatic carbocycles. The van der Waals surface area contributed by atoms with Gasteiger partial charge in [0.15, 0.2) is 5.82 Å². The lowest BCUT2D eigenvalue weighted by atomic mass is 9.99. The summed E-state index contributed by atoms with van der Waals surface area (Å²) in [6.07, 6.45) is 1.93. The molecule has 0 unspecified atom stereocenters. The second-order valence-corrected chi connectivity index (χ2v) is 12.6. The molecule has 0 saturated heterocycles. The van der Waals surface area contributed by atoms with Gasteiger partial charge < -0.3 is 20.3 Å². The number of hydrogen-bond acceptors (Lipinski definition) is 8. The minimum Gasteiger partial charge on any atom is -0.387 e. The van der Waals surface area contributed by atoms with Crippen LogP contribution < -0.4 is 15.4 Å². The lowest BCUT2D eigenvalue weighted by Crippen LogP contribution is -2.42. The highest BCUT2D eigenvalue weighted by Gasteiger charge is 2.21. The number of H-pyrrole nitrogens is 1. The van der Waals surface area contributed by atoms with Crippen LogP contribution >= 0.6 is 0 Å². The number of aromatic nitrogens is 5. The molecule has 0 fully saturated rings. The Balaban J connectivity index is 1.15. The molecule has 0 aliphatic heterocycles. The number of aryl methyl sites for hydroxylation is 1. The fourth-order valence-corrected chi connectivity index (χ4v) is 5.73. The third-order valence-corrected chi connectivity index (χ3v) is 8.56. The third kappa shape index (κ3) is 7.63. The van der Waals surface area contributed by atoms with Crippen molar-refractivity contribution in [3.8, 4) is 0 Å². The van der Waals surface area contributed by atoms with Gasteiger partial charge in [-0.15, -0.1) is 10.2 Å². The molecule has 224 valence electrons. The smallest absolute Gasteiger partial charge is 0.261 e. The molecule has 5 aromatic rings. The van der Waals surface area contributed by atoms with Crippen molar-refractivity contribution in [3.05, 3.63) is 102 Å². The van der Waals surface area contributed by atoms with Gasteiger partial charge >= 0.3 is 0 Å². The van der Waals surface area contributed by atoms with E-state index in [2.05, 4.69) is 54.4 Å². The number of hydrogen-bond donors (Lipinski definition) is 5.